The number of nitrogens with two attached hydrogens (primary N) is 1. The third kappa shape index (κ3) is 3.15. The maximum Gasteiger partial charge on any atom is 0.0576 e. The van der Waals surface area contributed by atoms with Crippen LogP contribution < -0.4 is 11.1 Å². The van der Waals surface area contributed by atoms with Gasteiger partial charge in [-0.3, -0.25) is 0 Å². The van der Waals surface area contributed by atoms with Gasteiger partial charge in [0.25, 0.3) is 0 Å². The van der Waals surface area contributed by atoms with E-state index in [-0.39, 0.29) is 0 Å². The normalized spacial score (nSPS) is 12.8. The summed E-state index contributed by atoms with van der Waals surface area (Å²) in [5, 5.41) is 3.49. The summed E-state index contributed by atoms with van der Waals surface area (Å²) in [5.74, 6) is 0.713. The molecule has 0 radical (unpaired) electrons. The largest absolute Gasteiger partial charge is 0.397 e. The lowest BCUT2D eigenvalue weighted by molar-refractivity contribution is 0.438. The SMILES string of the molecule is CCC(CC)C(C)Nc1ccccc1N. The quantitative estimate of drug-likeness (QED) is 0.723. The molecule has 15 heavy (non-hydrogen) atoms. The Kier molecular flexibility index (Phi) is 4.47. The molecule has 84 valence electrons. The van der Waals surface area contributed by atoms with Crippen LogP contribution in [0.4, 0.5) is 11.4 Å². The number of para-hydroxylation sites is 2. The second-order valence-electron chi connectivity index (χ2n) is 4.10. The average molecular weight is 206 g/mol. The van der Waals surface area contributed by atoms with E-state index in [0.29, 0.717) is 12.0 Å². The third-order valence-electron chi connectivity index (χ3n) is 3.10. The Labute approximate surface area is 92.9 Å². The second kappa shape index (κ2) is 5.64. The zero-order chi connectivity index (χ0) is 11.3. The van der Waals surface area contributed by atoms with Crippen molar-refractivity contribution in [3.05, 3.63) is 24.3 Å². The highest BCUT2D eigenvalue weighted by atomic mass is 14.9. The Hall–Kier alpha value is -1.18. The van der Waals surface area contributed by atoms with Crippen LogP contribution in [0.5, 0.6) is 0 Å². The lowest BCUT2D eigenvalue weighted by Crippen LogP contribution is -2.25. The van der Waals surface area contributed by atoms with Crippen LogP contribution in [0.15, 0.2) is 24.3 Å². The molecule has 0 aliphatic rings. The maximum atomic E-state index is 5.89. The van der Waals surface area contributed by atoms with E-state index in [1.54, 1.807) is 0 Å². The van der Waals surface area contributed by atoms with Crippen molar-refractivity contribution < 1.29 is 0 Å². The van der Waals surface area contributed by atoms with E-state index in [4.69, 9.17) is 5.73 Å². The molecule has 1 aromatic rings. The van der Waals surface area contributed by atoms with Gasteiger partial charge in [0, 0.05) is 6.04 Å². The molecule has 2 nitrogen and oxygen atoms in total. The first-order chi connectivity index (χ1) is 7.19. The first-order valence-corrected chi connectivity index (χ1v) is 5.80. The molecule has 1 rings (SSSR count). The summed E-state index contributed by atoms with van der Waals surface area (Å²) < 4.78 is 0. The molecule has 0 fully saturated rings. The molecule has 1 unspecified atom stereocenters. The zero-order valence-corrected chi connectivity index (χ0v) is 9.96. The van der Waals surface area contributed by atoms with Crippen molar-refractivity contribution in [3.8, 4) is 0 Å². The first-order valence-electron chi connectivity index (χ1n) is 5.80. The zero-order valence-electron chi connectivity index (χ0n) is 9.96. The predicted molar refractivity (Wildman–Crippen MR) is 68.0 cm³/mol. The van der Waals surface area contributed by atoms with Crippen molar-refractivity contribution in [2.45, 2.75) is 39.7 Å². The number of anilines is 2. The summed E-state index contributed by atoms with van der Waals surface area (Å²) >= 11 is 0. The Bertz CT molecular complexity index is 292. The van der Waals surface area contributed by atoms with Crippen molar-refractivity contribution in [1.82, 2.24) is 0 Å². The molecule has 0 bridgehead atoms. The third-order valence-corrected chi connectivity index (χ3v) is 3.10. The smallest absolute Gasteiger partial charge is 0.0576 e. The number of nitrogens with one attached hydrogen (secondary N) is 1. The molecular weight excluding hydrogens is 184 g/mol. The van der Waals surface area contributed by atoms with Gasteiger partial charge in [-0.2, -0.15) is 0 Å². The number of rotatable bonds is 5. The van der Waals surface area contributed by atoms with Gasteiger partial charge in [-0.05, 0) is 25.0 Å². The highest BCUT2D eigenvalue weighted by Crippen LogP contribution is 2.22. The molecule has 0 aromatic heterocycles. The van der Waals surface area contributed by atoms with Gasteiger partial charge in [0.05, 0.1) is 11.4 Å². The van der Waals surface area contributed by atoms with E-state index in [9.17, 15) is 0 Å². The van der Waals surface area contributed by atoms with Crippen LogP contribution >= 0.6 is 0 Å². The van der Waals surface area contributed by atoms with Crippen molar-refractivity contribution >= 4 is 11.4 Å². The number of hydrogen-bond donors (Lipinski definition) is 2. The van der Waals surface area contributed by atoms with E-state index in [1.165, 1.54) is 12.8 Å². The fourth-order valence-corrected chi connectivity index (χ4v) is 1.99. The van der Waals surface area contributed by atoms with Crippen LogP contribution in [0.3, 0.4) is 0 Å². The van der Waals surface area contributed by atoms with Crippen LogP contribution in [0.25, 0.3) is 0 Å². The van der Waals surface area contributed by atoms with Gasteiger partial charge < -0.3 is 11.1 Å². The van der Waals surface area contributed by atoms with Gasteiger partial charge in [0.15, 0.2) is 0 Å². The molecule has 0 saturated carbocycles. The van der Waals surface area contributed by atoms with Gasteiger partial charge in [0.1, 0.15) is 0 Å². The second-order valence-corrected chi connectivity index (χ2v) is 4.10. The molecule has 0 spiro atoms. The molecule has 0 aliphatic heterocycles. The molecule has 0 heterocycles. The van der Waals surface area contributed by atoms with Crippen molar-refractivity contribution in [1.29, 1.82) is 0 Å². The Morgan fingerprint density at radius 1 is 1.20 bits per heavy atom. The van der Waals surface area contributed by atoms with Crippen LogP contribution in [0, 0.1) is 5.92 Å². The summed E-state index contributed by atoms with van der Waals surface area (Å²) in [7, 11) is 0. The fourth-order valence-electron chi connectivity index (χ4n) is 1.99. The Morgan fingerprint density at radius 3 is 2.33 bits per heavy atom. The molecule has 2 heteroatoms. The number of benzene rings is 1. The highest BCUT2D eigenvalue weighted by Gasteiger charge is 2.13. The summed E-state index contributed by atoms with van der Waals surface area (Å²) in [4.78, 5) is 0. The van der Waals surface area contributed by atoms with E-state index >= 15 is 0 Å². The molecule has 1 atom stereocenters. The fraction of sp³-hybridized carbons (Fsp3) is 0.538. The first kappa shape index (κ1) is 11.9. The summed E-state index contributed by atoms with van der Waals surface area (Å²) in [6.45, 7) is 6.70. The van der Waals surface area contributed by atoms with Crippen molar-refractivity contribution in [2.75, 3.05) is 11.1 Å². The van der Waals surface area contributed by atoms with E-state index in [1.807, 2.05) is 24.3 Å². The minimum absolute atomic E-state index is 0.477. The minimum Gasteiger partial charge on any atom is -0.397 e. The molecule has 0 saturated heterocycles. The predicted octanol–water partition coefficient (Wildman–Crippen LogP) is 3.51. The van der Waals surface area contributed by atoms with Gasteiger partial charge >= 0.3 is 0 Å². The minimum atomic E-state index is 0.477. The van der Waals surface area contributed by atoms with Crippen LogP contribution in [-0.4, -0.2) is 6.04 Å². The Balaban J connectivity index is 2.65. The van der Waals surface area contributed by atoms with Gasteiger partial charge in [-0.25, -0.2) is 0 Å². The standard InChI is InChI=1S/C13H22N2/c1-4-11(5-2)10(3)15-13-9-7-6-8-12(13)14/h6-11,15H,4-5,14H2,1-3H3. The van der Waals surface area contributed by atoms with E-state index in [2.05, 4.69) is 26.1 Å². The Morgan fingerprint density at radius 2 is 1.80 bits per heavy atom. The lowest BCUT2D eigenvalue weighted by Gasteiger charge is -2.24. The van der Waals surface area contributed by atoms with Gasteiger partial charge in [0.2, 0.25) is 0 Å². The lowest BCUT2D eigenvalue weighted by atomic mass is 9.95. The monoisotopic (exact) mass is 206 g/mol. The molecule has 1 aromatic carbocycles. The summed E-state index contributed by atoms with van der Waals surface area (Å²) in [5.41, 5.74) is 7.77. The molecule has 3 N–H and O–H groups in total. The number of hydrogen-bond acceptors (Lipinski definition) is 2. The van der Waals surface area contributed by atoms with Crippen LogP contribution in [0.1, 0.15) is 33.6 Å². The molecule has 0 amide bonds. The molecular formula is C13H22N2. The number of nitrogen functional groups attached to an aromatic ring is 1. The molecule has 0 aliphatic carbocycles. The van der Waals surface area contributed by atoms with Gasteiger partial charge in [-0.1, -0.05) is 38.8 Å². The van der Waals surface area contributed by atoms with E-state index in [0.717, 1.165) is 11.4 Å². The average Bonchev–Trinajstić information content (AvgIpc) is 2.23. The maximum absolute atomic E-state index is 5.89. The van der Waals surface area contributed by atoms with Gasteiger partial charge in [-0.15, -0.1) is 0 Å². The van der Waals surface area contributed by atoms with Crippen molar-refractivity contribution in [3.63, 3.8) is 0 Å². The van der Waals surface area contributed by atoms with Crippen LogP contribution in [-0.2, 0) is 0 Å². The summed E-state index contributed by atoms with van der Waals surface area (Å²) in [6, 6.07) is 8.42. The van der Waals surface area contributed by atoms with E-state index < -0.39 is 0 Å². The summed E-state index contributed by atoms with van der Waals surface area (Å²) in [6.07, 6.45) is 2.41. The topological polar surface area (TPSA) is 38.0 Å². The van der Waals surface area contributed by atoms with Crippen LogP contribution in [0.2, 0.25) is 0 Å². The van der Waals surface area contributed by atoms with Crippen molar-refractivity contribution in [2.24, 2.45) is 5.92 Å². The highest BCUT2D eigenvalue weighted by molar-refractivity contribution is 5.65.